The summed E-state index contributed by atoms with van der Waals surface area (Å²) in [6.45, 7) is 1.67. The number of alkyl halides is 3. The first-order chi connectivity index (χ1) is 10.1. The van der Waals surface area contributed by atoms with E-state index in [1.807, 2.05) is 0 Å². The highest BCUT2D eigenvalue weighted by Gasteiger charge is 2.30. The molecule has 5 nitrogen and oxygen atoms in total. The molecule has 0 saturated heterocycles. The predicted molar refractivity (Wildman–Crippen MR) is 73.3 cm³/mol. The van der Waals surface area contributed by atoms with Crippen molar-refractivity contribution >= 4 is 12.0 Å². The van der Waals surface area contributed by atoms with Gasteiger partial charge in [0.15, 0.2) is 0 Å². The average molecular weight is 318 g/mol. The smallest absolute Gasteiger partial charge is 0.416 e. The Morgan fingerprint density at radius 1 is 1.27 bits per heavy atom. The van der Waals surface area contributed by atoms with Crippen LogP contribution in [0.15, 0.2) is 24.3 Å². The monoisotopic (exact) mass is 318 g/mol. The number of carboxylic acids is 1. The number of carbonyl (C=O) groups excluding carboxylic acids is 1. The van der Waals surface area contributed by atoms with Crippen LogP contribution >= 0.6 is 0 Å². The third kappa shape index (κ3) is 5.27. The zero-order valence-corrected chi connectivity index (χ0v) is 12.1. The summed E-state index contributed by atoms with van der Waals surface area (Å²) in [6.07, 6.45) is -4.58. The van der Waals surface area contributed by atoms with Crippen LogP contribution in [-0.2, 0) is 11.0 Å². The van der Waals surface area contributed by atoms with E-state index in [1.54, 1.807) is 6.92 Å². The van der Waals surface area contributed by atoms with Gasteiger partial charge in [-0.05, 0) is 24.6 Å². The zero-order chi connectivity index (χ0) is 16.9. The molecule has 1 rings (SSSR count). The van der Waals surface area contributed by atoms with E-state index in [0.29, 0.717) is 5.56 Å². The Bertz CT molecular complexity index is 529. The largest absolute Gasteiger partial charge is 0.481 e. The molecule has 0 saturated carbocycles. The fraction of sp³-hybridized carbons (Fsp3) is 0.429. The summed E-state index contributed by atoms with van der Waals surface area (Å²) in [7, 11) is 1.44. The van der Waals surface area contributed by atoms with Crippen LogP contribution in [0.2, 0.25) is 0 Å². The minimum atomic E-state index is -4.40. The molecule has 0 aliphatic rings. The van der Waals surface area contributed by atoms with Gasteiger partial charge in [0.1, 0.15) is 0 Å². The van der Waals surface area contributed by atoms with Gasteiger partial charge in [-0.25, -0.2) is 4.79 Å². The Balaban J connectivity index is 2.63. The number of rotatable bonds is 5. The van der Waals surface area contributed by atoms with E-state index in [-0.39, 0.29) is 13.0 Å². The number of benzene rings is 1. The minimum absolute atomic E-state index is 0.0426. The van der Waals surface area contributed by atoms with Crippen LogP contribution in [0, 0.1) is 0 Å². The van der Waals surface area contributed by atoms with Crippen molar-refractivity contribution in [3.63, 3.8) is 0 Å². The molecule has 0 radical (unpaired) electrons. The molecule has 2 N–H and O–H groups in total. The Labute approximate surface area is 125 Å². The van der Waals surface area contributed by atoms with Gasteiger partial charge in [-0.15, -0.1) is 0 Å². The number of nitrogens with one attached hydrogen (secondary N) is 1. The first-order valence-electron chi connectivity index (χ1n) is 6.52. The van der Waals surface area contributed by atoms with E-state index < -0.39 is 29.8 Å². The van der Waals surface area contributed by atoms with Crippen molar-refractivity contribution in [2.45, 2.75) is 25.6 Å². The lowest BCUT2D eigenvalue weighted by atomic mass is 10.1. The van der Waals surface area contributed by atoms with E-state index in [0.717, 1.165) is 12.1 Å². The number of hydrogen-bond acceptors (Lipinski definition) is 2. The number of carboxylic acid groups (broad SMARTS) is 1. The standard InChI is InChI=1S/C14H17F3N2O3/c1-9(18-13(22)19(2)8-7-12(20)21)10-3-5-11(6-4-10)14(15,16)17/h3-6,9H,7-8H2,1-2H3,(H,18,22)(H,20,21)/t9-/m1/s1. The number of halogens is 3. The van der Waals surface area contributed by atoms with Crippen molar-refractivity contribution in [1.29, 1.82) is 0 Å². The van der Waals surface area contributed by atoms with Crippen LogP contribution < -0.4 is 5.32 Å². The highest BCUT2D eigenvalue weighted by atomic mass is 19.4. The molecule has 0 aromatic heterocycles. The lowest BCUT2D eigenvalue weighted by Gasteiger charge is -2.21. The summed E-state index contributed by atoms with van der Waals surface area (Å²) in [4.78, 5) is 23.4. The van der Waals surface area contributed by atoms with Crippen LogP contribution in [0.3, 0.4) is 0 Å². The Kier molecular flexibility index (Phi) is 5.78. The molecule has 1 atom stereocenters. The van der Waals surface area contributed by atoms with Gasteiger partial charge < -0.3 is 15.3 Å². The number of aliphatic carboxylic acids is 1. The predicted octanol–water partition coefficient (Wildman–Crippen LogP) is 2.88. The average Bonchev–Trinajstić information content (AvgIpc) is 2.43. The van der Waals surface area contributed by atoms with E-state index in [1.165, 1.54) is 24.1 Å². The molecule has 0 heterocycles. The summed E-state index contributed by atoms with van der Waals surface area (Å²) in [5.41, 5.74) is -0.235. The molecule has 22 heavy (non-hydrogen) atoms. The second-order valence-electron chi connectivity index (χ2n) is 4.86. The molecular weight excluding hydrogens is 301 g/mol. The van der Waals surface area contributed by atoms with E-state index in [4.69, 9.17) is 5.11 Å². The topological polar surface area (TPSA) is 69.6 Å². The van der Waals surface area contributed by atoms with Gasteiger partial charge in [0.2, 0.25) is 0 Å². The Morgan fingerprint density at radius 2 is 1.82 bits per heavy atom. The molecule has 0 bridgehead atoms. The maximum atomic E-state index is 12.5. The quantitative estimate of drug-likeness (QED) is 0.877. The molecule has 0 aliphatic carbocycles. The third-order valence-electron chi connectivity index (χ3n) is 3.09. The summed E-state index contributed by atoms with van der Waals surface area (Å²) >= 11 is 0. The van der Waals surface area contributed by atoms with Gasteiger partial charge in [-0.1, -0.05) is 12.1 Å². The number of nitrogens with zero attached hydrogens (tertiary/aromatic N) is 1. The molecule has 0 spiro atoms. The molecule has 0 fully saturated rings. The van der Waals surface area contributed by atoms with Crippen LogP contribution in [0.4, 0.5) is 18.0 Å². The second-order valence-corrected chi connectivity index (χ2v) is 4.86. The fourth-order valence-electron chi connectivity index (χ4n) is 1.70. The van der Waals surface area contributed by atoms with Crippen LogP contribution in [0.5, 0.6) is 0 Å². The molecular formula is C14H17F3N2O3. The van der Waals surface area contributed by atoms with Crippen molar-refractivity contribution in [3.8, 4) is 0 Å². The highest BCUT2D eigenvalue weighted by molar-refractivity contribution is 5.75. The van der Waals surface area contributed by atoms with E-state index in [9.17, 15) is 22.8 Å². The van der Waals surface area contributed by atoms with Gasteiger partial charge >= 0.3 is 18.2 Å². The van der Waals surface area contributed by atoms with Crippen molar-refractivity contribution < 1.29 is 27.9 Å². The molecule has 2 amide bonds. The maximum absolute atomic E-state index is 12.5. The first-order valence-corrected chi connectivity index (χ1v) is 6.52. The summed E-state index contributed by atoms with van der Waals surface area (Å²) in [5, 5.41) is 11.1. The summed E-state index contributed by atoms with van der Waals surface area (Å²) < 4.78 is 37.4. The van der Waals surface area contributed by atoms with Gasteiger partial charge in [0, 0.05) is 13.6 Å². The van der Waals surface area contributed by atoms with Gasteiger partial charge in [0.05, 0.1) is 18.0 Å². The molecule has 122 valence electrons. The molecule has 0 aliphatic heterocycles. The number of carbonyl (C=O) groups is 2. The summed E-state index contributed by atoms with van der Waals surface area (Å²) in [6, 6.07) is 3.50. The van der Waals surface area contributed by atoms with Crippen molar-refractivity contribution in [3.05, 3.63) is 35.4 Å². The first kappa shape index (κ1) is 17.8. The SMILES string of the molecule is C[C@@H](NC(=O)N(C)CCC(=O)O)c1ccc(C(F)(F)F)cc1. The van der Waals surface area contributed by atoms with E-state index in [2.05, 4.69) is 5.32 Å². The van der Waals surface area contributed by atoms with Crippen LogP contribution in [0.25, 0.3) is 0 Å². The van der Waals surface area contributed by atoms with Crippen molar-refractivity contribution in [2.24, 2.45) is 0 Å². The molecule has 8 heteroatoms. The second kappa shape index (κ2) is 7.15. The van der Waals surface area contributed by atoms with Crippen LogP contribution in [-0.4, -0.2) is 35.6 Å². The molecule has 1 aromatic rings. The van der Waals surface area contributed by atoms with E-state index >= 15 is 0 Å². The fourth-order valence-corrected chi connectivity index (χ4v) is 1.70. The molecule has 0 unspecified atom stereocenters. The van der Waals surface area contributed by atoms with Gasteiger partial charge in [0.25, 0.3) is 0 Å². The number of amides is 2. The van der Waals surface area contributed by atoms with Gasteiger partial charge in [-0.3, -0.25) is 4.79 Å². The number of urea groups is 1. The zero-order valence-electron chi connectivity index (χ0n) is 12.1. The lowest BCUT2D eigenvalue weighted by Crippen LogP contribution is -2.39. The third-order valence-corrected chi connectivity index (χ3v) is 3.09. The lowest BCUT2D eigenvalue weighted by molar-refractivity contribution is -0.138. The summed E-state index contributed by atoms with van der Waals surface area (Å²) in [5.74, 6) is -1.02. The maximum Gasteiger partial charge on any atom is 0.416 e. The van der Waals surface area contributed by atoms with Crippen LogP contribution in [0.1, 0.15) is 30.5 Å². The Hall–Kier alpha value is -2.25. The normalized spacial score (nSPS) is 12.6. The van der Waals surface area contributed by atoms with Gasteiger partial charge in [-0.2, -0.15) is 13.2 Å². The Morgan fingerprint density at radius 3 is 2.27 bits per heavy atom. The minimum Gasteiger partial charge on any atom is -0.481 e. The van der Waals surface area contributed by atoms with Crippen molar-refractivity contribution in [1.82, 2.24) is 10.2 Å². The number of hydrogen-bond donors (Lipinski definition) is 2. The highest BCUT2D eigenvalue weighted by Crippen LogP contribution is 2.29. The molecule has 1 aromatic carbocycles. The van der Waals surface area contributed by atoms with Crippen molar-refractivity contribution in [2.75, 3.05) is 13.6 Å².